The van der Waals surface area contributed by atoms with E-state index in [1.807, 2.05) is 37.3 Å². The Labute approximate surface area is 118 Å². The molecule has 2 rings (SSSR count). The quantitative estimate of drug-likeness (QED) is 0.791. The third kappa shape index (κ3) is 3.26. The molecule has 0 saturated heterocycles. The summed E-state index contributed by atoms with van der Waals surface area (Å²) in [7, 11) is 0. The molecule has 0 aliphatic carbocycles. The maximum absolute atomic E-state index is 12.1. The van der Waals surface area contributed by atoms with Crippen LogP contribution in [0.15, 0.2) is 42.2 Å². The second-order valence-corrected chi connectivity index (χ2v) is 4.83. The summed E-state index contributed by atoms with van der Waals surface area (Å²) in [6.45, 7) is 3.88. The highest BCUT2D eigenvalue weighted by Gasteiger charge is 2.33. The lowest BCUT2D eigenvalue weighted by atomic mass is 9.86. The van der Waals surface area contributed by atoms with E-state index >= 15 is 0 Å². The van der Waals surface area contributed by atoms with Crippen molar-refractivity contribution in [1.29, 1.82) is 0 Å². The van der Waals surface area contributed by atoms with E-state index in [0.29, 0.717) is 6.42 Å². The Balaban J connectivity index is 2.10. The van der Waals surface area contributed by atoms with Crippen LogP contribution in [0.5, 0.6) is 0 Å². The van der Waals surface area contributed by atoms with Crippen LogP contribution < -0.4 is 0 Å². The molecule has 1 aliphatic rings. The first-order valence-corrected chi connectivity index (χ1v) is 6.76. The van der Waals surface area contributed by atoms with Gasteiger partial charge in [0, 0.05) is 0 Å². The molecule has 0 amide bonds. The third-order valence-corrected chi connectivity index (χ3v) is 3.34. The summed E-state index contributed by atoms with van der Waals surface area (Å²) in [6, 6.07) is 9.77. The van der Waals surface area contributed by atoms with E-state index in [0.717, 1.165) is 5.56 Å². The Bertz CT molecular complexity index is 519. The molecular formula is C16H18O4. The zero-order chi connectivity index (χ0) is 14.5. The largest absolute Gasteiger partial charge is 0.460 e. The summed E-state index contributed by atoms with van der Waals surface area (Å²) >= 11 is 0. The van der Waals surface area contributed by atoms with Crippen LogP contribution in [0.25, 0.3) is 0 Å². The first kappa shape index (κ1) is 14.3. The van der Waals surface area contributed by atoms with Crippen LogP contribution in [-0.2, 0) is 25.5 Å². The van der Waals surface area contributed by atoms with Crippen molar-refractivity contribution in [3.63, 3.8) is 0 Å². The van der Waals surface area contributed by atoms with Crippen LogP contribution in [-0.4, -0.2) is 18.5 Å². The first-order chi connectivity index (χ1) is 9.61. The maximum Gasteiger partial charge on any atom is 0.374 e. The van der Waals surface area contributed by atoms with Gasteiger partial charge >= 0.3 is 11.9 Å². The van der Waals surface area contributed by atoms with Gasteiger partial charge in [0.2, 0.25) is 5.76 Å². The van der Waals surface area contributed by atoms with E-state index < -0.39 is 5.97 Å². The average Bonchev–Trinajstić information content (AvgIpc) is 2.44. The highest BCUT2D eigenvalue weighted by molar-refractivity contribution is 5.91. The number of cyclic esters (lactones) is 1. The van der Waals surface area contributed by atoms with Crippen molar-refractivity contribution >= 4 is 11.9 Å². The van der Waals surface area contributed by atoms with E-state index in [2.05, 4.69) is 0 Å². The van der Waals surface area contributed by atoms with Crippen LogP contribution in [0.2, 0.25) is 0 Å². The molecule has 0 radical (unpaired) electrons. The van der Waals surface area contributed by atoms with Gasteiger partial charge in [-0.05, 0) is 30.9 Å². The lowest BCUT2D eigenvalue weighted by Gasteiger charge is -2.25. The van der Waals surface area contributed by atoms with Crippen molar-refractivity contribution in [1.82, 2.24) is 0 Å². The molecule has 0 bridgehead atoms. The number of allylic oxidation sites excluding steroid dienone is 1. The van der Waals surface area contributed by atoms with E-state index in [4.69, 9.17) is 9.47 Å². The van der Waals surface area contributed by atoms with E-state index in [1.54, 1.807) is 13.0 Å². The predicted octanol–water partition coefficient (Wildman–Crippen LogP) is 2.49. The van der Waals surface area contributed by atoms with Crippen LogP contribution in [0.3, 0.4) is 0 Å². The van der Waals surface area contributed by atoms with Crippen molar-refractivity contribution < 1.29 is 19.1 Å². The second-order valence-electron chi connectivity index (χ2n) is 4.83. The number of benzene rings is 1. The first-order valence-electron chi connectivity index (χ1n) is 6.76. The van der Waals surface area contributed by atoms with Gasteiger partial charge in [-0.3, -0.25) is 4.79 Å². The van der Waals surface area contributed by atoms with Crippen LogP contribution in [0.4, 0.5) is 0 Å². The van der Waals surface area contributed by atoms with Gasteiger partial charge in [0.1, 0.15) is 0 Å². The molecule has 2 atom stereocenters. The fraction of sp³-hybridized carbons (Fsp3) is 0.375. The zero-order valence-corrected chi connectivity index (χ0v) is 11.7. The van der Waals surface area contributed by atoms with Gasteiger partial charge in [0.15, 0.2) is 0 Å². The van der Waals surface area contributed by atoms with Crippen molar-refractivity contribution in [3.8, 4) is 0 Å². The maximum atomic E-state index is 12.1. The highest BCUT2D eigenvalue weighted by Crippen LogP contribution is 2.27. The SMILES string of the molecule is CCOC(=O)C1=C[C@@H](C)[C@@H](Cc2ccccc2)C(=O)O1. The molecule has 20 heavy (non-hydrogen) atoms. The Morgan fingerprint density at radius 2 is 2.00 bits per heavy atom. The van der Waals surface area contributed by atoms with E-state index in [1.165, 1.54) is 0 Å². The van der Waals surface area contributed by atoms with Gasteiger partial charge in [-0.1, -0.05) is 37.3 Å². The normalized spacial score (nSPS) is 21.9. The van der Waals surface area contributed by atoms with Gasteiger partial charge in [0.05, 0.1) is 12.5 Å². The molecular weight excluding hydrogens is 256 g/mol. The standard InChI is InChI=1S/C16H18O4/c1-3-19-16(18)14-9-11(2)13(15(17)20-14)10-12-7-5-4-6-8-12/h4-9,11,13H,3,10H2,1-2H3/t11-,13-/m1/s1. The second kappa shape index (κ2) is 6.37. The summed E-state index contributed by atoms with van der Waals surface area (Å²) in [4.78, 5) is 23.6. The highest BCUT2D eigenvalue weighted by atomic mass is 16.6. The lowest BCUT2D eigenvalue weighted by Crippen LogP contribution is -2.32. The van der Waals surface area contributed by atoms with Crippen molar-refractivity contribution in [2.75, 3.05) is 6.61 Å². The molecule has 0 N–H and O–H groups in total. The van der Waals surface area contributed by atoms with Crippen molar-refractivity contribution in [2.45, 2.75) is 20.3 Å². The molecule has 0 saturated carbocycles. The molecule has 4 nitrogen and oxygen atoms in total. The van der Waals surface area contributed by atoms with Crippen LogP contribution >= 0.6 is 0 Å². The van der Waals surface area contributed by atoms with Crippen LogP contribution in [0.1, 0.15) is 19.4 Å². The molecule has 0 fully saturated rings. The van der Waals surface area contributed by atoms with Gasteiger partial charge in [-0.2, -0.15) is 0 Å². The predicted molar refractivity (Wildman–Crippen MR) is 73.6 cm³/mol. The Hall–Kier alpha value is -2.10. The van der Waals surface area contributed by atoms with Crippen molar-refractivity contribution in [3.05, 3.63) is 47.7 Å². The zero-order valence-electron chi connectivity index (χ0n) is 11.7. The van der Waals surface area contributed by atoms with Crippen molar-refractivity contribution in [2.24, 2.45) is 11.8 Å². The minimum absolute atomic E-state index is 0.00802. The number of esters is 2. The molecule has 1 heterocycles. The van der Waals surface area contributed by atoms with Gasteiger partial charge in [-0.25, -0.2) is 4.79 Å². The van der Waals surface area contributed by atoms with Gasteiger partial charge in [0.25, 0.3) is 0 Å². The Morgan fingerprint density at radius 1 is 1.30 bits per heavy atom. The molecule has 1 aromatic rings. The number of hydrogen-bond donors (Lipinski definition) is 0. The number of rotatable bonds is 4. The minimum atomic E-state index is -0.578. The average molecular weight is 274 g/mol. The number of carbonyl (C=O) groups is 2. The number of carbonyl (C=O) groups excluding carboxylic acids is 2. The summed E-state index contributed by atoms with van der Waals surface area (Å²) < 4.78 is 9.95. The van der Waals surface area contributed by atoms with Gasteiger partial charge < -0.3 is 9.47 Å². The number of ether oxygens (including phenoxy) is 2. The smallest absolute Gasteiger partial charge is 0.374 e. The monoisotopic (exact) mass is 274 g/mol. The summed E-state index contributed by atoms with van der Waals surface area (Å²) in [5, 5.41) is 0. The molecule has 1 aliphatic heterocycles. The topological polar surface area (TPSA) is 52.6 Å². The summed E-state index contributed by atoms with van der Waals surface area (Å²) in [5.41, 5.74) is 1.08. The van der Waals surface area contributed by atoms with Crippen LogP contribution in [0, 0.1) is 11.8 Å². The number of hydrogen-bond acceptors (Lipinski definition) is 4. The summed E-state index contributed by atoms with van der Waals surface area (Å²) in [6.07, 6.45) is 2.28. The lowest BCUT2D eigenvalue weighted by molar-refractivity contribution is -0.156. The molecule has 0 spiro atoms. The molecule has 106 valence electrons. The Morgan fingerprint density at radius 3 is 2.60 bits per heavy atom. The van der Waals surface area contributed by atoms with Gasteiger partial charge in [-0.15, -0.1) is 0 Å². The van der Waals surface area contributed by atoms with E-state index in [9.17, 15) is 9.59 Å². The fourth-order valence-corrected chi connectivity index (χ4v) is 2.24. The minimum Gasteiger partial charge on any atom is -0.460 e. The molecule has 0 unspecified atom stereocenters. The molecule has 1 aromatic carbocycles. The van der Waals surface area contributed by atoms with E-state index in [-0.39, 0.29) is 30.2 Å². The summed E-state index contributed by atoms with van der Waals surface area (Å²) in [5.74, 6) is -1.27. The molecule has 0 aromatic heterocycles. The fourth-order valence-electron chi connectivity index (χ4n) is 2.24. The third-order valence-electron chi connectivity index (χ3n) is 3.34. The molecule has 4 heteroatoms. The Kier molecular flexibility index (Phi) is 4.56.